The van der Waals surface area contributed by atoms with Crippen molar-refractivity contribution < 1.29 is 9.59 Å². The summed E-state index contributed by atoms with van der Waals surface area (Å²) in [5.41, 5.74) is 0.305. The molecule has 2 amide bonds. The van der Waals surface area contributed by atoms with Crippen molar-refractivity contribution in [2.45, 2.75) is 32.7 Å². The Morgan fingerprint density at radius 2 is 2.28 bits per heavy atom. The van der Waals surface area contributed by atoms with Crippen molar-refractivity contribution in [1.29, 1.82) is 0 Å². The van der Waals surface area contributed by atoms with Gasteiger partial charge in [0.15, 0.2) is 0 Å². The van der Waals surface area contributed by atoms with Crippen LogP contribution in [-0.4, -0.2) is 35.3 Å². The highest BCUT2D eigenvalue weighted by molar-refractivity contribution is 7.12. The van der Waals surface area contributed by atoms with Crippen LogP contribution < -0.4 is 5.32 Å². The van der Waals surface area contributed by atoms with Gasteiger partial charge in [0.1, 0.15) is 5.54 Å². The van der Waals surface area contributed by atoms with E-state index in [9.17, 15) is 9.59 Å². The van der Waals surface area contributed by atoms with Crippen LogP contribution in [0.3, 0.4) is 0 Å². The molecule has 1 saturated heterocycles. The molecule has 4 nitrogen and oxygen atoms in total. The third kappa shape index (κ3) is 1.92. The molecule has 1 aromatic heterocycles. The van der Waals surface area contributed by atoms with Gasteiger partial charge in [0.2, 0.25) is 5.91 Å². The van der Waals surface area contributed by atoms with Gasteiger partial charge in [-0.15, -0.1) is 11.3 Å². The van der Waals surface area contributed by atoms with Crippen LogP contribution in [0.1, 0.15) is 35.5 Å². The molecule has 1 N–H and O–H groups in total. The third-order valence-corrected chi connectivity index (χ3v) is 4.55. The molecule has 1 aliphatic heterocycles. The first-order valence-electron chi connectivity index (χ1n) is 6.15. The maximum Gasteiger partial charge on any atom is 0.265 e. The largest absolute Gasteiger partial charge is 0.354 e. The molecule has 0 aromatic carbocycles. The summed E-state index contributed by atoms with van der Waals surface area (Å²) >= 11 is 1.44. The molecular formula is C13H18N2O2S. The number of rotatable bonds is 3. The van der Waals surface area contributed by atoms with Gasteiger partial charge in [-0.25, -0.2) is 0 Å². The van der Waals surface area contributed by atoms with Gasteiger partial charge in [0.05, 0.1) is 4.88 Å². The van der Waals surface area contributed by atoms with Crippen LogP contribution >= 0.6 is 11.3 Å². The van der Waals surface area contributed by atoms with Gasteiger partial charge in [-0.3, -0.25) is 9.59 Å². The van der Waals surface area contributed by atoms with Gasteiger partial charge in [-0.1, -0.05) is 0 Å². The second-order valence-electron chi connectivity index (χ2n) is 4.77. The van der Waals surface area contributed by atoms with E-state index in [2.05, 4.69) is 5.32 Å². The molecule has 0 spiro atoms. The van der Waals surface area contributed by atoms with Crippen molar-refractivity contribution in [2.24, 2.45) is 0 Å². The Balaban J connectivity index is 2.18. The van der Waals surface area contributed by atoms with Crippen LogP contribution in [0.5, 0.6) is 0 Å². The van der Waals surface area contributed by atoms with Crippen molar-refractivity contribution in [1.82, 2.24) is 10.2 Å². The molecule has 1 atom stereocenters. The molecule has 0 saturated carbocycles. The Hall–Kier alpha value is -1.36. The number of amides is 2. The van der Waals surface area contributed by atoms with Crippen molar-refractivity contribution in [2.75, 3.05) is 13.1 Å². The summed E-state index contributed by atoms with van der Waals surface area (Å²) in [5, 5.41) is 4.71. The lowest BCUT2D eigenvalue weighted by Crippen LogP contribution is -2.67. The number of likely N-dealkylation sites (tertiary alicyclic amines) is 1. The van der Waals surface area contributed by atoms with Crippen molar-refractivity contribution in [3.8, 4) is 0 Å². The van der Waals surface area contributed by atoms with Gasteiger partial charge in [0.25, 0.3) is 5.91 Å². The molecule has 1 aromatic rings. The highest BCUT2D eigenvalue weighted by Gasteiger charge is 2.49. The van der Waals surface area contributed by atoms with Crippen LogP contribution in [0.15, 0.2) is 11.4 Å². The maximum atomic E-state index is 12.4. The number of carbonyl (C=O) groups excluding carboxylic acids is 2. The second-order valence-corrected chi connectivity index (χ2v) is 5.69. The lowest BCUT2D eigenvalue weighted by atomic mass is 9.85. The Labute approximate surface area is 111 Å². The van der Waals surface area contributed by atoms with E-state index in [1.54, 1.807) is 4.90 Å². The van der Waals surface area contributed by atoms with Crippen molar-refractivity contribution in [3.05, 3.63) is 21.9 Å². The minimum absolute atomic E-state index is 0.0255. The topological polar surface area (TPSA) is 49.4 Å². The fraction of sp³-hybridized carbons (Fsp3) is 0.538. The molecule has 2 heterocycles. The molecule has 2 rings (SSSR count). The number of thiophene rings is 1. The number of nitrogens with zero attached hydrogens (tertiary/aromatic N) is 1. The van der Waals surface area contributed by atoms with E-state index in [4.69, 9.17) is 0 Å². The van der Waals surface area contributed by atoms with Gasteiger partial charge in [0, 0.05) is 13.1 Å². The van der Waals surface area contributed by atoms with Crippen LogP contribution in [0.25, 0.3) is 0 Å². The molecule has 1 aliphatic rings. The quantitative estimate of drug-likeness (QED) is 0.907. The van der Waals surface area contributed by atoms with Gasteiger partial charge < -0.3 is 10.2 Å². The molecule has 0 radical (unpaired) electrons. The highest BCUT2D eigenvalue weighted by Crippen LogP contribution is 2.33. The number of hydrogen-bond donors (Lipinski definition) is 1. The average molecular weight is 266 g/mol. The monoisotopic (exact) mass is 266 g/mol. The minimum atomic E-state index is -0.677. The fourth-order valence-corrected chi connectivity index (χ4v) is 3.06. The van der Waals surface area contributed by atoms with E-state index in [1.807, 2.05) is 32.2 Å². The minimum Gasteiger partial charge on any atom is -0.354 e. The first kappa shape index (κ1) is 13.1. The standard InChI is InChI=1S/C13H18N2O2S/c1-4-14-12(17)13(3)6-7-15(13)11(16)10-9(2)5-8-18-10/h5,8H,4,6-7H2,1-3H3,(H,14,17). The predicted molar refractivity (Wildman–Crippen MR) is 71.8 cm³/mol. The summed E-state index contributed by atoms with van der Waals surface area (Å²) in [7, 11) is 0. The van der Waals surface area contributed by atoms with E-state index in [-0.39, 0.29) is 11.8 Å². The fourth-order valence-electron chi connectivity index (χ4n) is 2.19. The molecule has 1 unspecified atom stereocenters. The molecule has 18 heavy (non-hydrogen) atoms. The SMILES string of the molecule is CCNC(=O)C1(C)CCN1C(=O)c1sccc1C. The number of hydrogen-bond acceptors (Lipinski definition) is 3. The molecule has 5 heteroatoms. The smallest absolute Gasteiger partial charge is 0.265 e. The zero-order chi connectivity index (χ0) is 13.3. The van der Waals surface area contributed by atoms with E-state index in [1.165, 1.54) is 11.3 Å². The molecule has 0 bridgehead atoms. The molecule has 0 aliphatic carbocycles. The average Bonchev–Trinajstić information content (AvgIpc) is 2.73. The van der Waals surface area contributed by atoms with Crippen LogP contribution in [0.4, 0.5) is 0 Å². The molecule has 98 valence electrons. The Morgan fingerprint density at radius 1 is 1.56 bits per heavy atom. The number of likely N-dealkylation sites (N-methyl/N-ethyl adjacent to an activating group) is 1. The highest BCUT2D eigenvalue weighted by atomic mass is 32.1. The summed E-state index contributed by atoms with van der Waals surface area (Å²) in [5.74, 6) is -0.0821. The Morgan fingerprint density at radius 3 is 2.72 bits per heavy atom. The van der Waals surface area contributed by atoms with Gasteiger partial charge >= 0.3 is 0 Å². The third-order valence-electron chi connectivity index (χ3n) is 3.55. The van der Waals surface area contributed by atoms with E-state index in [0.29, 0.717) is 13.1 Å². The van der Waals surface area contributed by atoms with E-state index >= 15 is 0 Å². The Kier molecular flexibility index (Phi) is 3.43. The summed E-state index contributed by atoms with van der Waals surface area (Å²) in [6.45, 7) is 6.89. The number of aryl methyl sites for hydroxylation is 1. The van der Waals surface area contributed by atoms with Crippen LogP contribution in [-0.2, 0) is 4.79 Å². The van der Waals surface area contributed by atoms with E-state index in [0.717, 1.165) is 16.9 Å². The van der Waals surface area contributed by atoms with Crippen LogP contribution in [0.2, 0.25) is 0 Å². The Bertz CT molecular complexity index is 483. The van der Waals surface area contributed by atoms with E-state index < -0.39 is 5.54 Å². The zero-order valence-corrected chi connectivity index (χ0v) is 11.8. The predicted octanol–water partition coefficient (Wildman–Crippen LogP) is 1.80. The number of nitrogens with one attached hydrogen (secondary N) is 1. The van der Waals surface area contributed by atoms with Crippen molar-refractivity contribution in [3.63, 3.8) is 0 Å². The summed E-state index contributed by atoms with van der Waals surface area (Å²) in [6.07, 6.45) is 0.731. The van der Waals surface area contributed by atoms with Gasteiger partial charge in [-0.2, -0.15) is 0 Å². The first-order chi connectivity index (χ1) is 8.50. The zero-order valence-electron chi connectivity index (χ0n) is 10.9. The van der Waals surface area contributed by atoms with Crippen LogP contribution in [0, 0.1) is 6.92 Å². The lowest BCUT2D eigenvalue weighted by Gasteiger charge is -2.48. The second kappa shape index (κ2) is 4.72. The van der Waals surface area contributed by atoms with Gasteiger partial charge in [-0.05, 0) is 44.2 Å². The summed E-state index contributed by atoms with van der Waals surface area (Å²) in [6, 6.07) is 1.93. The number of carbonyl (C=O) groups is 2. The van der Waals surface area contributed by atoms with Crippen molar-refractivity contribution >= 4 is 23.2 Å². The molecular weight excluding hydrogens is 248 g/mol. The molecule has 1 fully saturated rings. The first-order valence-corrected chi connectivity index (χ1v) is 7.03. The lowest BCUT2D eigenvalue weighted by molar-refractivity contribution is -0.137. The maximum absolute atomic E-state index is 12.4. The summed E-state index contributed by atoms with van der Waals surface area (Å²) in [4.78, 5) is 26.8. The normalized spacial score (nSPS) is 22.5. The summed E-state index contributed by atoms with van der Waals surface area (Å²) < 4.78 is 0.